The summed E-state index contributed by atoms with van der Waals surface area (Å²) < 4.78 is 16.5. The van der Waals surface area contributed by atoms with Gasteiger partial charge >= 0.3 is 0 Å². The van der Waals surface area contributed by atoms with Crippen molar-refractivity contribution in [3.8, 4) is 0 Å². The zero-order chi connectivity index (χ0) is 14.1. The molecular weight excluding hydrogens is 319 g/mol. The molecule has 0 aliphatic heterocycles. The molecule has 2 N–H and O–H groups in total. The van der Waals surface area contributed by atoms with Crippen LogP contribution in [0.25, 0.3) is 10.9 Å². The van der Waals surface area contributed by atoms with E-state index in [4.69, 9.17) is 5.73 Å². The molecule has 0 saturated heterocycles. The van der Waals surface area contributed by atoms with Crippen LogP contribution < -0.4 is 5.73 Å². The van der Waals surface area contributed by atoms with Gasteiger partial charge in [0.25, 0.3) is 0 Å². The highest BCUT2D eigenvalue weighted by Gasteiger charge is 2.08. The SMILES string of the molecule is NCc1cc(F)ccc1Cn1cc(Br)c2ccccc21. The average molecular weight is 333 g/mol. The average Bonchev–Trinajstić information content (AvgIpc) is 2.78. The highest BCUT2D eigenvalue weighted by molar-refractivity contribution is 9.10. The van der Waals surface area contributed by atoms with E-state index >= 15 is 0 Å². The van der Waals surface area contributed by atoms with Crippen LogP contribution in [-0.4, -0.2) is 4.57 Å². The third kappa shape index (κ3) is 2.37. The van der Waals surface area contributed by atoms with E-state index in [0.29, 0.717) is 13.1 Å². The lowest BCUT2D eigenvalue weighted by molar-refractivity contribution is 0.623. The van der Waals surface area contributed by atoms with Crippen molar-refractivity contribution in [1.29, 1.82) is 0 Å². The second-order valence-corrected chi connectivity index (χ2v) is 5.59. The van der Waals surface area contributed by atoms with E-state index in [1.807, 2.05) is 18.3 Å². The first-order chi connectivity index (χ1) is 9.69. The molecule has 1 aromatic heterocycles. The number of para-hydroxylation sites is 1. The molecule has 3 rings (SSSR count). The Balaban J connectivity index is 2.06. The molecule has 0 fully saturated rings. The van der Waals surface area contributed by atoms with Gasteiger partial charge in [0.15, 0.2) is 0 Å². The molecule has 0 aliphatic carbocycles. The normalized spacial score (nSPS) is 11.2. The summed E-state index contributed by atoms with van der Waals surface area (Å²) in [7, 11) is 0. The van der Waals surface area contributed by atoms with Gasteiger partial charge in [-0.3, -0.25) is 0 Å². The van der Waals surface area contributed by atoms with Crippen LogP contribution in [0.15, 0.2) is 53.1 Å². The van der Waals surface area contributed by atoms with Gasteiger partial charge in [0, 0.05) is 34.7 Å². The van der Waals surface area contributed by atoms with E-state index in [0.717, 1.165) is 21.1 Å². The van der Waals surface area contributed by atoms with Crippen molar-refractivity contribution in [3.63, 3.8) is 0 Å². The summed E-state index contributed by atoms with van der Waals surface area (Å²) in [6.07, 6.45) is 2.05. The van der Waals surface area contributed by atoms with Crippen molar-refractivity contribution in [2.75, 3.05) is 0 Å². The van der Waals surface area contributed by atoms with Gasteiger partial charge in [0.05, 0.1) is 0 Å². The second kappa shape index (κ2) is 5.38. The number of nitrogens with two attached hydrogens (primary N) is 1. The molecule has 0 saturated carbocycles. The van der Waals surface area contributed by atoms with Crippen LogP contribution in [0.2, 0.25) is 0 Å². The Morgan fingerprint density at radius 1 is 1.10 bits per heavy atom. The minimum absolute atomic E-state index is 0.243. The predicted octanol–water partition coefficient (Wildman–Crippen LogP) is 4.05. The van der Waals surface area contributed by atoms with Crippen molar-refractivity contribution in [3.05, 3.63) is 70.1 Å². The smallest absolute Gasteiger partial charge is 0.123 e. The maximum Gasteiger partial charge on any atom is 0.123 e. The molecule has 2 aromatic carbocycles. The molecule has 20 heavy (non-hydrogen) atoms. The fourth-order valence-corrected chi connectivity index (χ4v) is 3.04. The van der Waals surface area contributed by atoms with E-state index in [2.05, 4.69) is 32.6 Å². The minimum atomic E-state index is -0.243. The molecule has 1 heterocycles. The first-order valence-corrected chi connectivity index (χ1v) is 7.19. The van der Waals surface area contributed by atoms with E-state index in [1.165, 1.54) is 17.5 Å². The molecule has 4 heteroatoms. The molecule has 0 unspecified atom stereocenters. The number of benzene rings is 2. The van der Waals surface area contributed by atoms with E-state index < -0.39 is 0 Å². The maximum absolute atomic E-state index is 13.3. The van der Waals surface area contributed by atoms with Gasteiger partial charge in [-0.05, 0) is 45.3 Å². The summed E-state index contributed by atoms with van der Waals surface area (Å²) >= 11 is 3.57. The monoisotopic (exact) mass is 332 g/mol. The van der Waals surface area contributed by atoms with Crippen LogP contribution in [0.1, 0.15) is 11.1 Å². The van der Waals surface area contributed by atoms with Gasteiger partial charge in [0.1, 0.15) is 5.82 Å². The lowest BCUT2D eigenvalue weighted by Gasteiger charge is -2.10. The number of nitrogens with zero attached hydrogens (tertiary/aromatic N) is 1. The van der Waals surface area contributed by atoms with E-state index in [1.54, 1.807) is 6.07 Å². The van der Waals surface area contributed by atoms with E-state index in [9.17, 15) is 4.39 Å². The van der Waals surface area contributed by atoms with Crippen molar-refractivity contribution >= 4 is 26.8 Å². The van der Waals surface area contributed by atoms with Crippen LogP contribution in [0.3, 0.4) is 0 Å². The molecule has 3 aromatic rings. The fourth-order valence-electron chi connectivity index (χ4n) is 2.46. The number of fused-ring (bicyclic) bond motifs is 1. The van der Waals surface area contributed by atoms with Gasteiger partial charge in [-0.1, -0.05) is 24.3 Å². The zero-order valence-electron chi connectivity index (χ0n) is 10.8. The highest BCUT2D eigenvalue weighted by atomic mass is 79.9. The number of hydrogen-bond acceptors (Lipinski definition) is 1. The molecule has 0 radical (unpaired) electrons. The summed E-state index contributed by atoms with van der Waals surface area (Å²) in [4.78, 5) is 0. The third-order valence-corrected chi connectivity index (χ3v) is 4.10. The summed E-state index contributed by atoms with van der Waals surface area (Å²) in [5, 5.41) is 1.17. The largest absolute Gasteiger partial charge is 0.342 e. The zero-order valence-corrected chi connectivity index (χ0v) is 12.4. The third-order valence-electron chi connectivity index (χ3n) is 3.47. The molecule has 0 spiro atoms. The van der Waals surface area contributed by atoms with Crippen molar-refractivity contribution in [2.24, 2.45) is 5.73 Å². The Kier molecular flexibility index (Phi) is 3.59. The molecule has 102 valence electrons. The lowest BCUT2D eigenvalue weighted by Crippen LogP contribution is -2.06. The molecule has 0 aliphatic rings. The van der Waals surface area contributed by atoms with Gasteiger partial charge < -0.3 is 10.3 Å². The Morgan fingerprint density at radius 3 is 2.70 bits per heavy atom. The number of aromatic nitrogens is 1. The lowest BCUT2D eigenvalue weighted by atomic mass is 10.1. The van der Waals surface area contributed by atoms with Crippen LogP contribution in [0.5, 0.6) is 0 Å². The minimum Gasteiger partial charge on any atom is -0.342 e. The molecule has 0 bridgehead atoms. The first-order valence-electron chi connectivity index (χ1n) is 6.40. The Bertz CT molecular complexity index is 764. The molecule has 0 amide bonds. The van der Waals surface area contributed by atoms with Crippen molar-refractivity contribution in [1.82, 2.24) is 4.57 Å². The molecule has 0 atom stereocenters. The summed E-state index contributed by atoms with van der Waals surface area (Å²) in [5.41, 5.74) is 8.74. The Morgan fingerprint density at radius 2 is 1.90 bits per heavy atom. The second-order valence-electron chi connectivity index (χ2n) is 4.74. The fraction of sp³-hybridized carbons (Fsp3) is 0.125. The predicted molar refractivity (Wildman–Crippen MR) is 83.0 cm³/mol. The van der Waals surface area contributed by atoms with Crippen molar-refractivity contribution in [2.45, 2.75) is 13.1 Å². The van der Waals surface area contributed by atoms with Crippen LogP contribution in [0, 0.1) is 5.82 Å². The number of hydrogen-bond donors (Lipinski definition) is 1. The summed E-state index contributed by atoms with van der Waals surface area (Å²) in [5.74, 6) is -0.243. The Labute approximate surface area is 125 Å². The quantitative estimate of drug-likeness (QED) is 0.770. The first kappa shape index (κ1) is 13.3. The summed E-state index contributed by atoms with van der Waals surface area (Å²) in [6, 6.07) is 13.0. The Hall–Kier alpha value is -1.65. The maximum atomic E-state index is 13.3. The molecular formula is C16H14BrFN2. The van der Waals surface area contributed by atoms with Gasteiger partial charge in [-0.25, -0.2) is 4.39 Å². The van der Waals surface area contributed by atoms with Crippen molar-refractivity contribution < 1.29 is 4.39 Å². The number of halogens is 2. The van der Waals surface area contributed by atoms with Gasteiger partial charge in [-0.15, -0.1) is 0 Å². The van der Waals surface area contributed by atoms with Crippen LogP contribution >= 0.6 is 15.9 Å². The van der Waals surface area contributed by atoms with Crippen LogP contribution in [-0.2, 0) is 13.1 Å². The molecule has 2 nitrogen and oxygen atoms in total. The summed E-state index contributed by atoms with van der Waals surface area (Å²) in [6.45, 7) is 1.02. The van der Waals surface area contributed by atoms with Gasteiger partial charge in [0.2, 0.25) is 0 Å². The van der Waals surface area contributed by atoms with Gasteiger partial charge in [-0.2, -0.15) is 0 Å². The van der Waals surface area contributed by atoms with Crippen LogP contribution in [0.4, 0.5) is 4.39 Å². The topological polar surface area (TPSA) is 30.9 Å². The highest BCUT2D eigenvalue weighted by Crippen LogP contribution is 2.27. The number of rotatable bonds is 3. The van der Waals surface area contributed by atoms with E-state index in [-0.39, 0.29) is 5.82 Å². The standard InChI is InChI=1S/C16H14BrFN2/c17-15-10-20(16-4-2-1-3-14(15)16)9-11-5-6-13(18)7-12(11)8-19/h1-7,10H,8-9,19H2.